The molecule has 6 nitrogen and oxygen atoms in total. The van der Waals surface area contributed by atoms with Crippen LogP contribution in [-0.2, 0) is 11.3 Å². The number of anilines is 1. The highest BCUT2D eigenvalue weighted by molar-refractivity contribution is 7.99. The average molecular weight is 409 g/mol. The number of methoxy groups -OCH3 is 1. The van der Waals surface area contributed by atoms with Gasteiger partial charge in [0.1, 0.15) is 5.75 Å². The van der Waals surface area contributed by atoms with Crippen LogP contribution in [-0.4, -0.2) is 33.5 Å². The van der Waals surface area contributed by atoms with Gasteiger partial charge in [-0.2, -0.15) is 0 Å². The van der Waals surface area contributed by atoms with Crippen molar-refractivity contribution in [1.29, 1.82) is 0 Å². The van der Waals surface area contributed by atoms with Crippen LogP contribution in [0, 0.1) is 13.8 Å². The van der Waals surface area contributed by atoms with Crippen molar-refractivity contribution in [3.05, 3.63) is 66.2 Å². The first-order chi connectivity index (χ1) is 14.0. The molecule has 3 rings (SSSR count). The van der Waals surface area contributed by atoms with Crippen molar-refractivity contribution in [2.45, 2.75) is 25.5 Å². The van der Waals surface area contributed by atoms with Crippen molar-refractivity contribution in [3.8, 4) is 17.1 Å². The Hall–Kier alpha value is -3.06. The molecule has 2 aromatic carbocycles. The molecule has 0 radical (unpaired) electrons. The van der Waals surface area contributed by atoms with Crippen molar-refractivity contribution in [2.75, 3.05) is 18.2 Å². The van der Waals surface area contributed by atoms with Crippen LogP contribution in [0.15, 0.2) is 60.3 Å². The number of aromatic nitrogens is 3. The summed E-state index contributed by atoms with van der Waals surface area (Å²) in [6, 6.07) is 13.6. The Morgan fingerprint density at radius 1 is 1.24 bits per heavy atom. The van der Waals surface area contributed by atoms with Gasteiger partial charge in [-0.25, -0.2) is 0 Å². The first kappa shape index (κ1) is 20.7. The molecule has 0 aliphatic carbocycles. The lowest BCUT2D eigenvalue weighted by atomic mass is 10.1. The van der Waals surface area contributed by atoms with E-state index in [2.05, 4.69) is 22.1 Å². The van der Waals surface area contributed by atoms with Crippen LogP contribution in [0.5, 0.6) is 5.75 Å². The topological polar surface area (TPSA) is 69.0 Å². The maximum absolute atomic E-state index is 12.4. The Morgan fingerprint density at radius 2 is 2.03 bits per heavy atom. The SMILES string of the molecule is C=CCn1c(SCC(=O)Nc2ccc(C)cc2C)nnc1-c1ccccc1OC. The van der Waals surface area contributed by atoms with Crippen molar-refractivity contribution >= 4 is 23.4 Å². The van der Waals surface area contributed by atoms with Crippen molar-refractivity contribution in [2.24, 2.45) is 0 Å². The summed E-state index contributed by atoms with van der Waals surface area (Å²) in [6.07, 6.45) is 1.78. The van der Waals surface area contributed by atoms with E-state index in [1.807, 2.05) is 60.9 Å². The van der Waals surface area contributed by atoms with Crippen LogP contribution in [0.4, 0.5) is 5.69 Å². The molecule has 0 bridgehead atoms. The molecule has 1 amide bonds. The highest BCUT2D eigenvalue weighted by Crippen LogP contribution is 2.31. The van der Waals surface area contributed by atoms with Crippen LogP contribution in [0.25, 0.3) is 11.4 Å². The molecular formula is C22H24N4O2S. The van der Waals surface area contributed by atoms with Crippen LogP contribution in [0.1, 0.15) is 11.1 Å². The normalized spacial score (nSPS) is 10.6. The maximum Gasteiger partial charge on any atom is 0.234 e. The molecule has 150 valence electrons. The minimum absolute atomic E-state index is 0.0889. The number of nitrogens with one attached hydrogen (secondary N) is 1. The van der Waals surface area contributed by atoms with Gasteiger partial charge in [0.05, 0.1) is 18.4 Å². The second-order valence-corrected chi connectivity index (χ2v) is 7.50. The fourth-order valence-electron chi connectivity index (χ4n) is 2.99. The number of carbonyl (C=O) groups is 1. The minimum Gasteiger partial charge on any atom is -0.496 e. The van der Waals surface area contributed by atoms with Crippen LogP contribution >= 0.6 is 11.8 Å². The van der Waals surface area contributed by atoms with Crippen LogP contribution < -0.4 is 10.1 Å². The highest BCUT2D eigenvalue weighted by Gasteiger charge is 2.17. The number of amides is 1. The number of ether oxygens (including phenoxy) is 1. The summed E-state index contributed by atoms with van der Waals surface area (Å²) in [6.45, 7) is 8.36. The van der Waals surface area contributed by atoms with E-state index in [0.29, 0.717) is 23.3 Å². The van der Waals surface area contributed by atoms with E-state index >= 15 is 0 Å². The summed E-state index contributed by atoms with van der Waals surface area (Å²) in [5.41, 5.74) is 3.87. The Balaban J connectivity index is 1.76. The fourth-order valence-corrected chi connectivity index (χ4v) is 3.74. The van der Waals surface area contributed by atoms with E-state index in [1.165, 1.54) is 11.8 Å². The molecule has 3 aromatic rings. The number of hydrogen-bond acceptors (Lipinski definition) is 5. The van der Waals surface area contributed by atoms with Gasteiger partial charge in [-0.15, -0.1) is 16.8 Å². The Kier molecular flexibility index (Phi) is 6.72. The average Bonchev–Trinajstić information content (AvgIpc) is 3.11. The quantitative estimate of drug-likeness (QED) is 0.439. The molecule has 0 spiro atoms. The molecule has 7 heteroatoms. The third-order valence-corrected chi connectivity index (χ3v) is 5.33. The Labute approximate surface area is 175 Å². The van der Waals surface area contributed by atoms with E-state index in [4.69, 9.17) is 4.74 Å². The first-order valence-corrected chi connectivity index (χ1v) is 10.2. The zero-order valence-corrected chi connectivity index (χ0v) is 17.6. The second-order valence-electron chi connectivity index (χ2n) is 6.56. The van der Waals surface area contributed by atoms with Gasteiger partial charge in [-0.05, 0) is 37.6 Å². The maximum atomic E-state index is 12.4. The van der Waals surface area contributed by atoms with Gasteiger partial charge in [0.2, 0.25) is 5.91 Å². The molecule has 1 heterocycles. The number of allylic oxidation sites excluding steroid dienone is 1. The number of aryl methyl sites for hydroxylation is 2. The summed E-state index contributed by atoms with van der Waals surface area (Å²) < 4.78 is 7.38. The third-order valence-electron chi connectivity index (χ3n) is 4.36. The van der Waals surface area contributed by atoms with Gasteiger partial charge in [-0.1, -0.05) is 47.7 Å². The zero-order chi connectivity index (χ0) is 20.8. The van der Waals surface area contributed by atoms with E-state index in [9.17, 15) is 4.79 Å². The first-order valence-electron chi connectivity index (χ1n) is 9.21. The minimum atomic E-state index is -0.0889. The van der Waals surface area contributed by atoms with Crippen molar-refractivity contribution < 1.29 is 9.53 Å². The van der Waals surface area contributed by atoms with Gasteiger partial charge in [0, 0.05) is 12.2 Å². The van der Waals surface area contributed by atoms with Crippen LogP contribution in [0.3, 0.4) is 0 Å². The van der Waals surface area contributed by atoms with Gasteiger partial charge in [0.25, 0.3) is 0 Å². The molecule has 1 aromatic heterocycles. The largest absolute Gasteiger partial charge is 0.496 e. The molecule has 1 N–H and O–H groups in total. The number of thioether (sulfide) groups is 1. The fraction of sp³-hybridized carbons (Fsp3) is 0.227. The number of para-hydroxylation sites is 1. The number of nitrogens with zero attached hydrogens (tertiary/aromatic N) is 3. The summed E-state index contributed by atoms with van der Waals surface area (Å²) in [5, 5.41) is 12.2. The molecule has 0 aliphatic heterocycles. The lowest BCUT2D eigenvalue weighted by Gasteiger charge is -2.11. The monoisotopic (exact) mass is 408 g/mol. The summed E-state index contributed by atoms with van der Waals surface area (Å²) in [5.74, 6) is 1.54. The second kappa shape index (κ2) is 9.43. The van der Waals surface area contributed by atoms with E-state index in [1.54, 1.807) is 13.2 Å². The molecular weight excluding hydrogens is 384 g/mol. The Morgan fingerprint density at radius 3 is 2.76 bits per heavy atom. The number of benzene rings is 2. The highest BCUT2D eigenvalue weighted by atomic mass is 32.2. The van der Waals surface area contributed by atoms with E-state index in [0.717, 1.165) is 22.4 Å². The molecule has 29 heavy (non-hydrogen) atoms. The number of rotatable bonds is 8. The van der Waals surface area contributed by atoms with Crippen molar-refractivity contribution in [1.82, 2.24) is 14.8 Å². The number of hydrogen-bond donors (Lipinski definition) is 1. The summed E-state index contributed by atoms with van der Waals surface area (Å²) in [7, 11) is 1.63. The Bertz CT molecular complexity index is 1030. The number of carbonyl (C=O) groups excluding carboxylic acids is 1. The van der Waals surface area contributed by atoms with Gasteiger partial charge >= 0.3 is 0 Å². The van der Waals surface area contributed by atoms with Gasteiger partial charge in [-0.3, -0.25) is 9.36 Å². The molecule has 0 fully saturated rings. The summed E-state index contributed by atoms with van der Waals surface area (Å²) >= 11 is 1.34. The van der Waals surface area contributed by atoms with Crippen LogP contribution in [0.2, 0.25) is 0 Å². The van der Waals surface area contributed by atoms with E-state index < -0.39 is 0 Å². The zero-order valence-electron chi connectivity index (χ0n) is 16.8. The third kappa shape index (κ3) is 4.86. The molecule has 0 saturated carbocycles. The summed E-state index contributed by atoms with van der Waals surface area (Å²) in [4.78, 5) is 12.4. The molecule has 0 aliphatic rings. The lowest BCUT2D eigenvalue weighted by molar-refractivity contribution is -0.113. The molecule has 0 atom stereocenters. The van der Waals surface area contributed by atoms with E-state index in [-0.39, 0.29) is 11.7 Å². The smallest absolute Gasteiger partial charge is 0.234 e. The lowest BCUT2D eigenvalue weighted by Crippen LogP contribution is -2.15. The standard InChI is InChI=1S/C22H24N4O2S/c1-5-12-26-21(17-8-6-7-9-19(17)28-4)24-25-22(26)29-14-20(27)23-18-11-10-15(2)13-16(18)3/h5-11,13H,1,12,14H2,2-4H3,(H,23,27). The predicted molar refractivity (Wildman–Crippen MR) is 117 cm³/mol. The van der Waals surface area contributed by atoms with Crippen molar-refractivity contribution in [3.63, 3.8) is 0 Å². The van der Waals surface area contributed by atoms with Gasteiger partial charge < -0.3 is 10.1 Å². The van der Waals surface area contributed by atoms with Gasteiger partial charge in [0.15, 0.2) is 11.0 Å². The predicted octanol–water partition coefficient (Wildman–Crippen LogP) is 4.49. The molecule has 0 saturated heterocycles. The molecule has 0 unspecified atom stereocenters.